The number of benzene rings is 2. The third-order valence-corrected chi connectivity index (χ3v) is 5.60. The molecule has 0 spiro atoms. The summed E-state index contributed by atoms with van der Waals surface area (Å²) in [6, 6.07) is 9.12. The number of carbonyl (C=O) groups excluding carboxylic acids is 1. The lowest BCUT2D eigenvalue weighted by Crippen LogP contribution is -2.34. The van der Waals surface area contributed by atoms with Crippen molar-refractivity contribution >= 4 is 40.0 Å². The molecule has 0 aliphatic heterocycles. The number of hydrogen-bond donors (Lipinski definition) is 2. The quantitative estimate of drug-likeness (QED) is 0.420. The molecule has 32 heavy (non-hydrogen) atoms. The van der Waals surface area contributed by atoms with Gasteiger partial charge in [0.05, 0.1) is 21.8 Å². The van der Waals surface area contributed by atoms with Crippen molar-refractivity contribution in [2.24, 2.45) is 7.05 Å². The van der Waals surface area contributed by atoms with Crippen molar-refractivity contribution in [2.45, 2.75) is 26.3 Å². The summed E-state index contributed by atoms with van der Waals surface area (Å²) >= 11 is 13.0. The van der Waals surface area contributed by atoms with Gasteiger partial charge in [0, 0.05) is 30.5 Å². The molecule has 10 heteroatoms. The fourth-order valence-corrected chi connectivity index (χ4v) is 3.83. The largest absolute Gasteiger partial charge is 0.484 e. The van der Waals surface area contributed by atoms with Crippen molar-refractivity contribution in [3.05, 3.63) is 58.0 Å². The highest BCUT2D eigenvalue weighted by atomic mass is 35.5. The molecule has 4 aromatic rings. The number of aromatic amines is 1. The molecule has 2 aromatic carbocycles. The van der Waals surface area contributed by atoms with Crippen LogP contribution in [-0.2, 0) is 18.3 Å². The van der Waals surface area contributed by atoms with Crippen molar-refractivity contribution in [3.8, 4) is 17.1 Å². The van der Waals surface area contributed by atoms with Gasteiger partial charge in [0.1, 0.15) is 11.6 Å². The van der Waals surface area contributed by atoms with Gasteiger partial charge < -0.3 is 10.1 Å². The van der Waals surface area contributed by atoms with Crippen LogP contribution in [0.25, 0.3) is 22.3 Å². The number of nitrogens with one attached hydrogen (secondary N) is 2. The molecule has 2 heterocycles. The van der Waals surface area contributed by atoms with Gasteiger partial charge in [-0.25, -0.2) is 4.98 Å². The zero-order valence-electron chi connectivity index (χ0n) is 17.8. The summed E-state index contributed by atoms with van der Waals surface area (Å²) in [5.74, 6) is 1.54. The van der Waals surface area contributed by atoms with E-state index in [1.54, 1.807) is 29.1 Å². The number of nitrogens with zero attached hydrogens (tertiary/aromatic N) is 4. The number of H-pyrrole nitrogens is 1. The van der Waals surface area contributed by atoms with Crippen molar-refractivity contribution < 1.29 is 9.53 Å². The van der Waals surface area contributed by atoms with E-state index in [0.717, 1.165) is 22.3 Å². The Morgan fingerprint density at radius 1 is 1.25 bits per heavy atom. The van der Waals surface area contributed by atoms with Crippen LogP contribution in [0, 0.1) is 0 Å². The first-order valence-corrected chi connectivity index (χ1v) is 10.8. The minimum atomic E-state index is -0.191. The molecule has 0 unspecified atom stereocenters. The van der Waals surface area contributed by atoms with Gasteiger partial charge in [0.25, 0.3) is 5.91 Å². The number of amides is 1. The third kappa shape index (κ3) is 4.71. The summed E-state index contributed by atoms with van der Waals surface area (Å²) < 4.78 is 7.24. The highest BCUT2D eigenvalue weighted by molar-refractivity contribution is 6.36. The normalized spacial score (nSPS) is 11.3. The van der Waals surface area contributed by atoms with E-state index in [2.05, 4.69) is 25.6 Å². The van der Waals surface area contributed by atoms with Crippen molar-refractivity contribution in [3.63, 3.8) is 0 Å². The van der Waals surface area contributed by atoms with E-state index in [9.17, 15) is 4.79 Å². The smallest absolute Gasteiger partial charge is 0.258 e. The molecule has 0 saturated carbocycles. The van der Waals surface area contributed by atoms with Gasteiger partial charge in [0.15, 0.2) is 12.4 Å². The molecule has 0 bridgehead atoms. The van der Waals surface area contributed by atoms with E-state index < -0.39 is 0 Å². The Kier molecular flexibility index (Phi) is 6.34. The molecule has 0 aliphatic carbocycles. The summed E-state index contributed by atoms with van der Waals surface area (Å²) in [7, 11) is 1.83. The van der Waals surface area contributed by atoms with E-state index in [0.29, 0.717) is 33.6 Å². The zero-order chi connectivity index (χ0) is 22.8. The van der Waals surface area contributed by atoms with Gasteiger partial charge in [-0.3, -0.25) is 14.6 Å². The molecule has 8 nitrogen and oxygen atoms in total. The predicted octanol–water partition coefficient (Wildman–Crippen LogP) is 4.16. The first-order valence-electron chi connectivity index (χ1n) is 10.0. The minimum absolute atomic E-state index is 0.0537. The summed E-state index contributed by atoms with van der Waals surface area (Å²) in [5, 5.41) is 16.2. The molecule has 2 aromatic heterocycles. The van der Waals surface area contributed by atoms with Crippen molar-refractivity contribution in [1.82, 2.24) is 30.3 Å². The van der Waals surface area contributed by atoms with Crippen LogP contribution in [0.3, 0.4) is 0 Å². The van der Waals surface area contributed by atoms with Crippen molar-refractivity contribution in [1.29, 1.82) is 0 Å². The molecule has 0 fully saturated rings. The lowest BCUT2D eigenvalue weighted by Gasteiger charge is -2.10. The molecule has 166 valence electrons. The van der Waals surface area contributed by atoms with E-state index in [1.807, 2.05) is 33.0 Å². The van der Waals surface area contributed by atoms with Crippen LogP contribution in [0.4, 0.5) is 0 Å². The summed E-state index contributed by atoms with van der Waals surface area (Å²) in [6.07, 6.45) is 2.21. The number of aromatic nitrogens is 5. The molecule has 4 rings (SSSR count). The molecular weight excluding hydrogens is 451 g/mol. The van der Waals surface area contributed by atoms with Gasteiger partial charge in [-0.05, 0) is 43.7 Å². The van der Waals surface area contributed by atoms with Crippen LogP contribution in [0.15, 0.2) is 36.5 Å². The lowest BCUT2D eigenvalue weighted by molar-refractivity contribution is -0.123. The summed E-state index contributed by atoms with van der Waals surface area (Å²) in [5.41, 5.74) is 2.48. The number of rotatable bonds is 7. The average Bonchev–Trinajstić information content (AvgIpc) is 3.35. The number of aryl methyl sites for hydroxylation is 1. The number of halogens is 2. The number of ether oxygens (including phenoxy) is 1. The van der Waals surface area contributed by atoms with E-state index in [1.165, 1.54) is 0 Å². The Hall–Kier alpha value is -3.10. The van der Waals surface area contributed by atoms with Crippen LogP contribution in [0.2, 0.25) is 10.0 Å². The maximum absolute atomic E-state index is 11.8. The molecule has 2 N–H and O–H groups in total. The second-order valence-electron chi connectivity index (χ2n) is 7.67. The van der Waals surface area contributed by atoms with E-state index in [-0.39, 0.29) is 18.6 Å². The van der Waals surface area contributed by atoms with Gasteiger partial charge >= 0.3 is 0 Å². The minimum Gasteiger partial charge on any atom is -0.484 e. The number of carbonyl (C=O) groups is 1. The maximum Gasteiger partial charge on any atom is 0.258 e. The van der Waals surface area contributed by atoms with Gasteiger partial charge in [-0.15, -0.1) is 0 Å². The lowest BCUT2D eigenvalue weighted by atomic mass is 10.1. The fraction of sp³-hybridized carbons (Fsp3) is 0.273. The monoisotopic (exact) mass is 472 g/mol. The van der Waals surface area contributed by atoms with Crippen LogP contribution in [0.1, 0.15) is 25.2 Å². The highest BCUT2D eigenvalue weighted by Crippen LogP contribution is 2.31. The SMILES string of the molecule is CC(C)NC(=O)COc1ccc(-c2nc(Cc3ccc4[nH]ncc4c3Cl)n(C)n2)c(Cl)c1. The Balaban J connectivity index is 1.51. The van der Waals surface area contributed by atoms with Crippen LogP contribution in [0.5, 0.6) is 5.75 Å². The van der Waals surface area contributed by atoms with Crippen molar-refractivity contribution in [2.75, 3.05) is 6.61 Å². The molecular formula is C22H22Cl2N6O2. The molecule has 1 amide bonds. The number of hydrogen-bond acceptors (Lipinski definition) is 5. The molecule has 0 saturated heterocycles. The Labute approximate surface area is 194 Å². The van der Waals surface area contributed by atoms with Gasteiger partial charge in [-0.2, -0.15) is 10.2 Å². The molecule has 0 radical (unpaired) electrons. The molecule has 0 atom stereocenters. The Morgan fingerprint density at radius 3 is 2.81 bits per heavy atom. The third-order valence-electron chi connectivity index (χ3n) is 4.84. The van der Waals surface area contributed by atoms with Gasteiger partial charge in [-0.1, -0.05) is 29.3 Å². The summed E-state index contributed by atoms with van der Waals surface area (Å²) in [4.78, 5) is 16.4. The van der Waals surface area contributed by atoms with Crippen LogP contribution < -0.4 is 10.1 Å². The first-order chi connectivity index (χ1) is 15.3. The number of fused-ring (bicyclic) bond motifs is 1. The first kappa shape index (κ1) is 22.1. The average molecular weight is 473 g/mol. The van der Waals surface area contributed by atoms with Gasteiger partial charge in [0.2, 0.25) is 0 Å². The second kappa shape index (κ2) is 9.18. The van der Waals surface area contributed by atoms with E-state index >= 15 is 0 Å². The Morgan fingerprint density at radius 2 is 2.06 bits per heavy atom. The fourth-order valence-electron chi connectivity index (χ4n) is 3.30. The molecule has 0 aliphatic rings. The maximum atomic E-state index is 11.8. The topological polar surface area (TPSA) is 97.7 Å². The van der Waals surface area contributed by atoms with Crippen LogP contribution in [-0.4, -0.2) is 43.5 Å². The Bertz CT molecular complexity index is 1280. The predicted molar refractivity (Wildman–Crippen MR) is 124 cm³/mol. The standard InChI is InChI=1S/C22H22Cl2N6O2/c1-12(2)26-20(31)11-32-14-5-6-15(17(23)9-14)22-27-19(30(3)29-22)8-13-4-7-18-16(21(13)24)10-25-28-18/h4-7,9-10,12H,8,11H2,1-3H3,(H,25,28)(H,26,31). The highest BCUT2D eigenvalue weighted by Gasteiger charge is 2.16. The summed E-state index contributed by atoms with van der Waals surface area (Å²) in [6.45, 7) is 3.70. The van der Waals surface area contributed by atoms with E-state index in [4.69, 9.17) is 27.9 Å². The second-order valence-corrected chi connectivity index (χ2v) is 8.46. The zero-order valence-corrected chi connectivity index (χ0v) is 19.3. The van der Waals surface area contributed by atoms with Crippen LogP contribution >= 0.6 is 23.2 Å².